The molecule has 0 unspecified atom stereocenters. The van der Waals surface area contributed by atoms with Crippen LogP contribution in [-0.2, 0) is 22.6 Å². The third-order valence-electron chi connectivity index (χ3n) is 7.52. The number of anilines is 2. The van der Waals surface area contributed by atoms with E-state index in [1.54, 1.807) is 30.3 Å². The lowest BCUT2D eigenvalue weighted by Gasteiger charge is -2.32. The summed E-state index contributed by atoms with van der Waals surface area (Å²) in [6, 6.07) is 9.75. The number of rotatable bonds is 12. The Labute approximate surface area is 258 Å². The van der Waals surface area contributed by atoms with Crippen molar-refractivity contribution in [1.29, 1.82) is 0 Å². The van der Waals surface area contributed by atoms with Gasteiger partial charge in [-0.25, -0.2) is 4.98 Å². The van der Waals surface area contributed by atoms with E-state index in [0.29, 0.717) is 47.2 Å². The summed E-state index contributed by atoms with van der Waals surface area (Å²) in [6.07, 6.45) is -4.73. The van der Waals surface area contributed by atoms with Crippen LogP contribution < -0.4 is 9.80 Å². The van der Waals surface area contributed by atoms with E-state index >= 15 is 0 Å². The van der Waals surface area contributed by atoms with Gasteiger partial charge in [-0.3, -0.25) is 4.79 Å². The molecular formula is C32H36ClF6N3O2. The number of aromatic nitrogens is 1. The Morgan fingerprint density at radius 2 is 1.45 bits per heavy atom. The number of halogens is 7. The number of carbonyl (C=O) groups excluding carboxylic acids is 1. The molecule has 0 aliphatic rings. The number of hydrogen-bond acceptors (Lipinski definition) is 4. The molecule has 240 valence electrons. The van der Waals surface area contributed by atoms with Gasteiger partial charge in [-0.15, -0.1) is 0 Å². The van der Waals surface area contributed by atoms with E-state index in [1.807, 2.05) is 4.90 Å². The molecule has 44 heavy (non-hydrogen) atoms. The predicted molar refractivity (Wildman–Crippen MR) is 161 cm³/mol. The second-order valence-corrected chi connectivity index (χ2v) is 11.5. The maximum atomic E-state index is 13.9. The number of hydrogen-bond donors (Lipinski definition) is 1. The molecular weight excluding hydrogens is 608 g/mol. The quantitative estimate of drug-likeness (QED) is 0.158. The fourth-order valence-corrected chi connectivity index (χ4v) is 5.17. The summed E-state index contributed by atoms with van der Waals surface area (Å²) in [5.41, 5.74) is -4.00. The van der Waals surface area contributed by atoms with Crippen molar-refractivity contribution in [3.05, 3.63) is 76.4 Å². The molecule has 0 saturated heterocycles. The first kappa shape index (κ1) is 35.2. The summed E-state index contributed by atoms with van der Waals surface area (Å²) in [4.78, 5) is 21.6. The number of nitrogens with zero attached hydrogens (tertiary/aromatic N) is 3. The summed E-state index contributed by atoms with van der Waals surface area (Å²) in [5, 5.41) is 10.1. The summed E-state index contributed by atoms with van der Waals surface area (Å²) in [6.45, 7) is 5.45. The van der Waals surface area contributed by atoms with E-state index in [2.05, 4.69) is 11.9 Å². The van der Waals surface area contributed by atoms with Crippen LogP contribution in [-0.4, -0.2) is 42.7 Å². The summed E-state index contributed by atoms with van der Waals surface area (Å²) in [7, 11) is 1.38. The molecule has 0 fully saturated rings. The SMILES string of the molecule is CCCCCCN(CCO)c1cc(-c2ccccc2Cl)c(N(C)C(=O)C(C)(C)c2cc(C(F)(F)F)cc(C(F)(F)F)c2)cn1. The largest absolute Gasteiger partial charge is 0.416 e. The molecule has 3 rings (SSSR count). The Morgan fingerprint density at radius 1 is 0.864 bits per heavy atom. The van der Waals surface area contributed by atoms with E-state index in [1.165, 1.54) is 32.0 Å². The molecule has 0 radical (unpaired) electrons. The number of unbranched alkanes of at least 4 members (excludes halogenated alkanes) is 3. The van der Waals surface area contributed by atoms with Gasteiger partial charge in [-0.1, -0.05) is 56.0 Å². The summed E-state index contributed by atoms with van der Waals surface area (Å²) in [5.74, 6) is -0.249. The molecule has 2 aromatic carbocycles. The van der Waals surface area contributed by atoms with Gasteiger partial charge in [0.25, 0.3) is 0 Å². The first-order valence-corrected chi connectivity index (χ1v) is 14.6. The molecule has 5 nitrogen and oxygen atoms in total. The molecule has 1 N–H and O–H groups in total. The topological polar surface area (TPSA) is 56.7 Å². The van der Waals surface area contributed by atoms with Gasteiger partial charge in [0.15, 0.2) is 0 Å². The Bertz CT molecular complexity index is 1410. The number of benzene rings is 2. The molecule has 0 aliphatic heterocycles. The van der Waals surface area contributed by atoms with Gasteiger partial charge < -0.3 is 14.9 Å². The van der Waals surface area contributed by atoms with Crippen LogP contribution in [0.5, 0.6) is 0 Å². The minimum Gasteiger partial charge on any atom is -0.395 e. The minimum atomic E-state index is -5.06. The van der Waals surface area contributed by atoms with Crippen molar-refractivity contribution in [1.82, 2.24) is 4.98 Å². The summed E-state index contributed by atoms with van der Waals surface area (Å²) < 4.78 is 81.6. The normalized spacial score (nSPS) is 12.4. The fourth-order valence-electron chi connectivity index (χ4n) is 4.93. The third-order valence-corrected chi connectivity index (χ3v) is 7.85. The highest BCUT2D eigenvalue weighted by Crippen LogP contribution is 2.41. The monoisotopic (exact) mass is 643 g/mol. The predicted octanol–water partition coefficient (Wildman–Crippen LogP) is 8.76. The van der Waals surface area contributed by atoms with Crippen molar-refractivity contribution in [2.24, 2.45) is 0 Å². The molecule has 1 amide bonds. The number of alkyl halides is 6. The van der Waals surface area contributed by atoms with Crippen LogP contribution in [0, 0.1) is 0 Å². The van der Waals surface area contributed by atoms with Gasteiger partial charge in [-0.05, 0) is 56.2 Å². The van der Waals surface area contributed by atoms with Crippen molar-refractivity contribution < 1.29 is 36.2 Å². The highest BCUT2D eigenvalue weighted by Gasteiger charge is 2.41. The molecule has 12 heteroatoms. The number of aliphatic hydroxyl groups is 1. The van der Waals surface area contributed by atoms with E-state index in [0.717, 1.165) is 25.7 Å². The number of pyridine rings is 1. The lowest BCUT2D eigenvalue weighted by Crippen LogP contribution is -2.42. The number of amides is 1. The molecule has 0 bridgehead atoms. The zero-order valence-electron chi connectivity index (χ0n) is 25.0. The Morgan fingerprint density at radius 3 is 2.00 bits per heavy atom. The van der Waals surface area contributed by atoms with Crippen molar-refractivity contribution in [3.63, 3.8) is 0 Å². The first-order valence-electron chi connectivity index (χ1n) is 14.2. The molecule has 1 heterocycles. The lowest BCUT2D eigenvalue weighted by atomic mass is 9.81. The van der Waals surface area contributed by atoms with Crippen molar-refractivity contribution in [2.75, 3.05) is 36.5 Å². The number of likely N-dealkylation sites (N-methyl/N-ethyl adjacent to an activating group) is 1. The van der Waals surface area contributed by atoms with Crippen LogP contribution in [0.1, 0.15) is 63.1 Å². The molecule has 3 aromatic rings. The van der Waals surface area contributed by atoms with Crippen molar-refractivity contribution in [3.8, 4) is 11.1 Å². The van der Waals surface area contributed by atoms with Gasteiger partial charge in [0, 0.05) is 36.3 Å². The van der Waals surface area contributed by atoms with Crippen LogP contribution in [0.15, 0.2) is 54.7 Å². The maximum Gasteiger partial charge on any atom is 0.416 e. The third kappa shape index (κ3) is 8.24. The van der Waals surface area contributed by atoms with E-state index in [-0.39, 0.29) is 18.4 Å². The Balaban J connectivity index is 2.12. The second kappa shape index (κ2) is 14.2. The second-order valence-electron chi connectivity index (χ2n) is 11.1. The van der Waals surface area contributed by atoms with Gasteiger partial charge in [0.2, 0.25) is 5.91 Å². The smallest absolute Gasteiger partial charge is 0.395 e. The molecule has 0 aliphatic carbocycles. The molecule has 1 aromatic heterocycles. The number of aliphatic hydroxyl groups excluding tert-OH is 1. The lowest BCUT2D eigenvalue weighted by molar-refractivity contribution is -0.143. The van der Waals surface area contributed by atoms with Crippen molar-refractivity contribution in [2.45, 2.75) is 64.2 Å². The van der Waals surface area contributed by atoms with Gasteiger partial charge >= 0.3 is 12.4 Å². The molecule has 0 spiro atoms. The Kier molecular flexibility index (Phi) is 11.3. The molecule has 0 atom stereocenters. The van der Waals surface area contributed by atoms with Crippen LogP contribution in [0.2, 0.25) is 5.02 Å². The van der Waals surface area contributed by atoms with E-state index < -0.39 is 40.4 Å². The average Bonchev–Trinajstić information content (AvgIpc) is 2.97. The summed E-state index contributed by atoms with van der Waals surface area (Å²) >= 11 is 6.54. The van der Waals surface area contributed by atoms with Crippen LogP contribution in [0.3, 0.4) is 0 Å². The zero-order chi connectivity index (χ0) is 32.9. The average molecular weight is 644 g/mol. The van der Waals surface area contributed by atoms with Gasteiger partial charge in [0.05, 0.1) is 35.0 Å². The standard InChI is InChI=1S/C32H36ClF6N3O2/c1-5-6-7-10-13-42(14-15-43)28-19-25(24-11-8-9-12-26(24)33)27(20-40-28)41(4)29(44)30(2,3)21-16-22(31(34,35)36)18-23(17-21)32(37,38)39/h8-9,11-12,16-20,43H,5-7,10,13-15H2,1-4H3. The number of carbonyl (C=O) groups is 1. The highest BCUT2D eigenvalue weighted by atomic mass is 35.5. The maximum absolute atomic E-state index is 13.9. The highest BCUT2D eigenvalue weighted by molar-refractivity contribution is 6.33. The first-order chi connectivity index (χ1) is 20.5. The van der Waals surface area contributed by atoms with E-state index in [4.69, 9.17) is 11.6 Å². The van der Waals surface area contributed by atoms with Gasteiger partial charge in [-0.2, -0.15) is 26.3 Å². The van der Waals surface area contributed by atoms with Crippen molar-refractivity contribution >= 4 is 29.0 Å². The van der Waals surface area contributed by atoms with Crippen LogP contribution in [0.25, 0.3) is 11.1 Å². The van der Waals surface area contributed by atoms with E-state index in [9.17, 15) is 36.2 Å². The zero-order valence-corrected chi connectivity index (χ0v) is 25.7. The van der Waals surface area contributed by atoms with Crippen LogP contribution >= 0.6 is 11.6 Å². The van der Waals surface area contributed by atoms with Gasteiger partial charge in [0.1, 0.15) is 5.82 Å². The molecule has 0 saturated carbocycles. The minimum absolute atomic E-state index is 0.0340. The fraction of sp³-hybridized carbons (Fsp3) is 0.438. The van der Waals surface area contributed by atoms with Crippen LogP contribution in [0.4, 0.5) is 37.8 Å². The Hall–Kier alpha value is -3.31.